The van der Waals surface area contributed by atoms with E-state index in [1.54, 1.807) is 0 Å². The van der Waals surface area contributed by atoms with Crippen molar-refractivity contribution in [2.24, 2.45) is 17.6 Å². The van der Waals surface area contributed by atoms with Crippen LogP contribution in [0.3, 0.4) is 0 Å². The van der Waals surface area contributed by atoms with E-state index in [2.05, 4.69) is 4.90 Å². The highest BCUT2D eigenvalue weighted by molar-refractivity contribution is 5.77. The minimum absolute atomic E-state index is 0.262. The summed E-state index contributed by atoms with van der Waals surface area (Å²) in [7, 11) is 0. The molecule has 0 aromatic carbocycles. The second kappa shape index (κ2) is 7.13. The predicted molar refractivity (Wildman–Crippen MR) is 85.9 cm³/mol. The molecule has 3 fully saturated rings. The van der Waals surface area contributed by atoms with Crippen LogP contribution in [0.2, 0.25) is 0 Å². The van der Waals surface area contributed by atoms with E-state index >= 15 is 0 Å². The fourth-order valence-electron chi connectivity index (χ4n) is 4.94. The first-order valence-corrected chi connectivity index (χ1v) is 9.31. The highest BCUT2D eigenvalue weighted by atomic mass is 16.2. The normalized spacial score (nSPS) is 35.1. The third kappa shape index (κ3) is 3.61. The van der Waals surface area contributed by atoms with Gasteiger partial charge in [0.05, 0.1) is 0 Å². The second-order valence-electron chi connectivity index (χ2n) is 7.61. The van der Waals surface area contributed by atoms with Gasteiger partial charge in [-0.2, -0.15) is 0 Å². The zero-order chi connectivity index (χ0) is 14.7. The van der Waals surface area contributed by atoms with Crippen LogP contribution in [0.5, 0.6) is 0 Å². The molecule has 3 heteroatoms. The Morgan fingerprint density at radius 2 is 1.62 bits per heavy atom. The molecule has 3 nitrogen and oxygen atoms in total. The highest BCUT2D eigenvalue weighted by Gasteiger charge is 2.36. The van der Waals surface area contributed by atoms with Gasteiger partial charge in [-0.1, -0.05) is 32.1 Å². The van der Waals surface area contributed by atoms with Gasteiger partial charge >= 0.3 is 0 Å². The van der Waals surface area contributed by atoms with Crippen LogP contribution in [0.25, 0.3) is 0 Å². The van der Waals surface area contributed by atoms with E-state index in [0.717, 1.165) is 25.3 Å². The Hall–Kier alpha value is -0.570. The fraction of sp³-hybridized carbons (Fsp3) is 0.944. The monoisotopic (exact) mass is 292 g/mol. The molecule has 1 aliphatic heterocycles. The molecule has 3 atom stereocenters. The summed E-state index contributed by atoms with van der Waals surface area (Å²) < 4.78 is 0. The van der Waals surface area contributed by atoms with Gasteiger partial charge in [0.15, 0.2) is 0 Å². The molecule has 0 radical (unpaired) electrons. The Labute approximate surface area is 129 Å². The molecule has 120 valence electrons. The maximum Gasteiger partial charge on any atom is 0.223 e. The molecule has 1 amide bonds. The number of nitrogens with zero attached hydrogens (tertiary/aromatic N) is 1. The van der Waals surface area contributed by atoms with Crippen molar-refractivity contribution in [2.75, 3.05) is 6.54 Å². The van der Waals surface area contributed by atoms with E-state index in [0.29, 0.717) is 24.3 Å². The van der Waals surface area contributed by atoms with Gasteiger partial charge in [-0.05, 0) is 50.4 Å². The van der Waals surface area contributed by atoms with Crippen molar-refractivity contribution in [2.45, 2.75) is 89.1 Å². The van der Waals surface area contributed by atoms with Gasteiger partial charge < -0.3 is 10.6 Å². The largest absolute Gasteiger partial charge is 0.339 e. The average molecular weight is 292 g/mol. The molecule has 2 N–H and O–H groups in total. The predicted octanol–water partition coefficient (Wildman–Crippen LogP) is 3.47. The Balaban J connectivity index is 1.57. The Bertz CT molecular complexity index is 351. The van der Waals surface area contributed by atoms with Crippen LogP contribution in [-0.4, -0.2) is 29.4 Å². The number of hydrogen-bond acceptors (Lipinski definition) is 2. The summed E-state index contributed by atoms with van der Waals surface area (Å²) in [6, 6.07) is 0.816. The summed E-state index contributed by atoms with van der Waals surface area (Å²) in [5.74, 6) is 1.63. The number of carbonyl (C=O) groups excluding carboxylic acids is 1. The van der Waals surface area contributed by atoms with Crippen LogP contribution >= 0.6 is 0 Å². The molecular weight excluding hydrogens is 260 g/mol. The van der Waals surface area contributed by atoms with E-state index < -0.39 is 0 Å². The molecule has 1 heterocycles. The second-order valence-corrected chi connectivity index (χ2v) is 7.61. The van der Waals surface area contributed by atoms with Gasteiger partial charge in [0.2, 0.25) is 5.91 Å². The first-order chi connectivity index (χ1) is 10.3. The topological polar surface area (TPSA) is 46.3 Å². The Kier molecular flexibility index (Phi) is 5.20. The molecule has 3 rings (SSSR count). The molecule has 0 spiro atoms. The summed E-state index contributed by atoms with van der Waals surface area (Å²) in [5, 5.41) is 0. The van der Waals surface area contributed by atoms with Gasteiger partial charge in [-0.25, -0.2) is 0 Å². The van der Waals surface area contributed by atoms with Crippen LogP contribution in [0.4, 0.5) is 0 Å². The van der Waals surface area contributed by atoms with Crippen molar-refractivity contribution in [1.82, 2.24) is 4.90 Å². The molecule has 0 aromatic heterocycles. The van der Waals surface area contributed by atoms with Crippen molar-refractivity contribution in [1.29, 1.82) is 0 Å². The summed E-state index contributed by atoms with van der Waals surface area (Å²) in [6.45, 7) is 1.00. The van der Waals surface area contributed by atoms with Gasteiger partial charge in [0.25, 0.3) is 0 Å². The molecule has 0 aromatic rings. The molecule has 0 bridgehead atoms. The van der Waals surface area contributed by atoms with E-state index in [4.69, 9.17) is 5.73 Å². The molecule has 2 aliphatic carbocycles. The molecule has 2 saturated carbocycles. The SMILES string of the molecule is NC1CCCCC1CC(=O)N1CCCC1C1CCCCC1. The van der Waals surface area contributed by atoms with E-state index in [-0.39, 0.29) is 6.04 Å². The van der Waals surface area contributed by atoms with Crippen LogP contribution < -0.4 is 5.73 Å². The van der Waals surface area contributed by atoms with E-state index in [1.165, 1.54) is 57.8 Å². The number of likely N-dealkylation sites (tertiary alicyclic amines) is 1. The van der Waals surface area contributed by atoms with Crippen LogP contribution in [0.15, 0.2) is 0 Å². The Morgan fingerprint density at radius 3 is 2.38 bits per heavy atom. The smallest absolute Gasteiger partial charge is 0.223 e. The van der Waals surface area contributed by atoms with Gasteiger partial charge in [0, 0.05) is 25.0 Å². The molecular formula is C18H32N2O. The summed E-state index contributed by atoms with van der Waals surface area (Å²) in [4.78, 5) is 15.0. The lowest BCUT2D eigenvalue weighted by Gasteiger charge is -2.36. The van der Waals surface area contributed by atoms with Crippen LogP contribution in [0.1, 0.15) is 77.0 Å². The average Bonchev–Trinajstić information content (AvgIpc) is 3.00. The van der Waals surface area contributed by atoms with E-state index in [9.17, 15) is 4.79 Å². The first kappa shape index (κ1) is 15.3. The zero-order valence-electron chi connectivity index (χ0n) is 13.4. The van der Waals surface area contributed by atoms with Gasteiger partial charge in [-0.15, -0.1) is 0 Å². The van der Waals surface area contributed by atoms with Gasteiger partial charge in [0.1, 0.15) is 0 Å². The number of rotatable bonds is 3. The third-order valence-corrected chi connectivity index (χ3v) is 6.22. The number of amides is 1. The van der Waals surface area contributed by atoms with Crippen molar-refractivity contribution in [3.8, 4) is 0 Å². The van der Waals surface area contributed by atoms with Crippen molar-refractivity contribution in [3.05, 3.63) is 0 Å². The lowest BCUT2D eigenvalue weighted by Crippen LogP contribution is -2.43. The lowest BCUT2D eigenvalue weighted by atomic mass is 9.81. The quantitative estimate of drug-likeness (QED) is 0.866. The zero-order valence-corrected chi connectivity index (χ0v) is 13.4. The summed E-state index contributed by atoms with van der Waals surface area (Å²) in [6.07, 6.45) is 14.8. The minimum Gasteiger partial charge on any atom is -0.339 e. The fourth-order valence-corrected chi connectivity index (χ4v) is 4.94. The molecule has 21 heavy (non-hydrogen) atoms. The number of carbonyl (C=O) groups is 1. The standard InChI is InChI=1S/C18H32N2O/c19-16-10-5-4-9-15(16)13-18(21)20-12-6-11-17(20)14-7-2-1-3-8-14/h14-17H,1-13,19H2. The molecule has 3 aliphatic rings. The first-order valence-electron chi connectivity index (χ1n) is 9.31. The number of nitrogens with two attached hydrogens (primary N) is 1. The Morgan fingerprint density at radius 1 is 0.905 bits per heavy atom. The van der Waals surface area contributed by atoms with Crippen molar-refractivity contribution < 1.29 is 4.79 Å². The summed E-state index contributed by atoms with van der Waals surface area (Å²) in [5.41, 5.74) is 6.23. The minimum atomic E-state index is 0.262. The molecule has 3 unspecified atom stereocenters. The highest BCUT2D eigenvalue weighted by Crippen LogP contribution is 2.35. The lowest BCUT2D eigenvalue weighted by molar-refractivity contribution is -0.134. The number of hydrogen-bond donors (Lipinski definition) is 1. The van der Waals surface area contributed by atoms with Gasteiger partial charge in [-0.3, -0.25) is 4.79 Å². The van der Waals surface area contributed by atoms with Crippen molar-refractivity contribution >= 4 is 5.91 Å². The van der Waals surface area contributed by atoms with E-state index in [1.807, 2.05) is 0 Å². The molecule has 1 saturated heterocycles. The maximum absolute atomic E-state index is 12.8. The van der Waals surface area contributed by atoms with Crippen LogP contribution in [0, 0.1) is 11.8 Å². The van der Waals surface area contributed by atoms with Crippen LogP contribution in [-0.2, 0) is 4.79 Å². The third-order valence-electron chi connectivity index (χ3n) is 6.22. The summed E-state index contributed by atoms with van der Waals surface area (Å²) >= 11 is 0. The van der Waals surface area contributed by atoms with Crippen molar-refractivity contribution in [3.63, 3.8) is 0 Å². The maximum atomic E-state index is 12.8.